The van der Waals surface area contributed by atoms with E-state index in [0.717, 1.165) is 6.42 Å². The van der Waals surface area contributed by atoms with E-state index < -0.39 is 8.03 Å². The number of hydrogen-bond acceptors (Lipinski definition) is 3. The molecule has 9 heavy (non-hydrogen) atoms. The van der Waals surface area contributed by atoms with Crippen LogP contribution in [0.4, 0.5) is 0 Å². The van der Waals surface area contributed by atoms with Crippen molar-refractivity contribution in [1.29, 1.82) is 0 Å². The Morgan fingerprint density at radius 2 is 2.33 bits per heavy atom. The first-order valence-corrected chi connectivity index (χ1v) is 4.45. The van der Waals surface area contributed by atoms with Crippen LogP contribution in [-0.4, -0.2) is 19.3 Å². The molecule has 0 aromatic rings. The van der Waals surface area contributed by atoms with Crippen LogP contribution in [0.1, 0.15) is 13.3 Å². The fraction of sp³-hybridized carbons (Fsp3) is 1.00. The Kier molecular flexibility index (Phi) is 6.16. The highest BCUT2D eigenvalue weighted by Gasteiger charge is 2.13. The minimum absolute atomic E-state index is 0.528. The van der Waals surface area contributed by atoms with Gasteiger partial charge in [0, 0.05) is 6.42 Å². The molecular formula is C5H13NO2P+. The van der Waals surface area contributed by atoms with Gasteiger partial charge in [0.15, 0.2) is 6.16 Å². The van der Waals surface area contributed by atoms with Crippen molar-refractivity contribution >= 4 is 8.03 Å². The highest BCUT2D eigenvalue weighted by Crippen LogP contribution is 2.21. The molecule has 3 nitrogen and oxygen atoms in total. The summed E-state index contributed by atoms with van der Waals surface area (Å²) in [6.07, 6.45) is 1.38. The maximum absolute atomic E-state index is 10.7. The summed E-state index contributed by atoms with van der Waals surface area (Å²) in [5, 5.41) is 0. The summed E-state index contributed by atoms with van der Waals surface area (Å²) in [5.74, 6) is 0. The first kappa shape index (κ1) is 9.02. The van der Waals surface area contributed by atoms with E-state index in [4.69, 9.17) is 10.3 Å². The van der Waals surface area contributed by atoms with E-state index in [9.17, 15) is 4.57 Å². The second kappa shape index (κ2) is 6.14. The first-order valence-electron chi connectivity index (χ1n) is 3.09. The third-order valence-corrected chi connectivity index (χ3v) is 2.05. The summed E-state index contributed by atoms with van der Waals surface area (Å²) in [6.45, 7) is 2.95. The lowest BCUT2D eigenvalue weighted by atomic mass is 10.5. The monoisotopic (exact) mass is 150 g/mol. The third-order valence-electron chi connectivity index (χ3n) is 0.818. The second-order valence-electron chi connectivity index (χ2n) is 1.62. The molecule has 1 atom stereocenters. The highest BCUT2D eigenvalue weighted by atomic mass is 31.1. The molecule has 4 heteroatoms. The topological polar surface area (TPSA) is 52.3 Å². The molecule has 0 aliphatic heterocycles. The van der Waals surface area contributed by atoms with Crippen molar-refractivity contribution < 1.29 is 9.09 Å². The molecule has 0 aromatic carbocycles. The van der Waals surface area contributed by atoms with Gasteiger partial charge in [-0.3, -0.25) is 0 Å². The zero-order chi connectivity index (χ0) is 7.11. The van der Waals surface area contributed by atoms with Gasteiger partial charge >= 0.3 is 8.03 Å². The van der Waals surface area contributed by atoms with Gasteiger partial charge in [0.2, 0.25) is 0 Å². The van der Waals surface area contributed by atoms with Crippen LogP contribution in [-0.2, 0) is 9.09 Å². The molecule has 0 rings (SSSR count). The average Bonchev–Trinajstić information content (AvgIpc) is 1.85. The first-order chi connectivity index (χ1) is 4.31. The molecule has 0 aliphatic carbocycles. The molecule has 0 bridgehead atoms. The van der Waals surface area contributed by atoms with Gasteiger partial charge in [-0.25, -0.2) is 0 Å². The van der Waals surface area contributed by atoms with Gasteiger partial charge in [-0.05, 0) is 18.0 Å². The Morgan fingerprint density at radius 3 is 2.78 bits per heavy atom. The lowest BCUT2D eigenvalue weighted by molar-refractivity contribution is 0.350. The van der Waals surface area contributed by atoms with Gasteiger partial charge < -0.3 is 5.73 Å². The summed E-state index contributed by atoms with van der Waals surface area (Å²) in [5.41, 5.74) is 5.19. The SMILES string of the molecule is CCO[P+](=O)CCCN. The molecule has 54 valence electrons. The van der Waals surface area contributed by atoms with E-state index >= 15 is 0 Å². The average molecular weight is 150 g/mol. The summed E-state index contributed by atoms with van der Waals surface area (Å²) < 4.78 is 15.5. The minimum Gasteiger partial charge on any atom is -0.330 e. The van der Waals surface area contributed by atoms with Crippen LogP contribution in [0, 0.1) is 0 Å². The zero-order valence-electron chi connectivity index (χ0n) is 5.67. The van der Waals surface area contributed by atoms with Crippen molar-refractivity contribution in [3.05, 3.63) is 0 Å². The maximum Gasteiger partial charge on any atom is 0.508 e. The standard InChI is InChI=1S/C5H13NO2P/c1-2-8-9(7)5-3-4-6/h2-6H2,1H3/q+1. The molecule has 0 aromatic heterocycles. The van der Waals surface area contributed by atoms with Crippen molar-refractivity contribution in [2.75, 3.05) is 19.3 Å². The molecule has 0 saturated carbocycles. The molecule has 2 N–H and O–H groups in total. The quantitative estimate of drug-likeness (QED) is 0.597. The Hall–Kier alpha value is 0.0200. The Morgan fingerprint density at radius 1 is 1.67 bits per heavy atom. The number of rotatable bonds is 5. The normalized spacial score (nSPS) is 11.6. The zero-order valence-corrected chi connectivity index (χ0v) is 6.56. The molecule has 0 radical (unpaired) electrons. The van der Waals surface area contributed by atoms with E-state index in [-0.39, 0.29) is 0 Å². The Balaban J connectivity index is 3.06. The smallest absolute Gasteiger partial charge is 0.330 e. The number of hydrogen-bond donors (Lipinski definition) is 1. The van der Waals surface area contributed by atoms with E-state index in [1.807, 2.05) is 6.92 Å². The predicted molar refractivity (Wildman–Crippen MR) is 37.8 cm³/mol. The molecule has 0 fully saturated rings. The largest absolute Gasteiger partial charge is 0.508 e. The van der Waals surface area contributed by atoms with Crippen LogP contribution in [0.2, 0.25) is 0 Å². The Labute approximate surface area is 56.4 Å². The van der Waals surface area contributed by atoms with E-state index in [1.165, 1.54) is 0 Å². The summed E-state index contributed by atoms with van der Waals surface area (Å²) in [6, 6.07) is 0. The van der Waals surface area contributed by atoms with Crippen LogP contribution < -0.4 is 5.73 Å². The van der Waals surface area contributed by atoms with Crippen molar-refractivity contribution in [3.63, 3.8) is 0 Å². The van der Waals surface area contributed by atoms with Crippen molar-refractivity contribution in [2.45, 2.75) is 13.3 Å². The van der Waals surface area contributed by atoms with E-state index in [2.05, 4.69) is 0 Å². The lowest BCUT2D eigenvalue weighted by Gasteiger charge is -1.83. The van der Waals surface area contributed by atoms with Crippen molar-refractivity contribution in [1.82, 2.24) is 0 Å². The molecule has 1 unspecified atom stereocenters. The van der Waals surface area contributed by atoms with E-state index in [0.29, 0.717) is 19.3 Å². The molecular weight excluding hydrogens is 137 g/mol. The molecule has 0 heterocycles. The van der Waals surface area contributed by atoms with Gasteiger partial charge in [0.1, 0.15) is 0 Å². The van der Waals surface area contributed by atoms with Crippen molar-refractivity contribution in [2.24, 2.45) is 5.73 Å². The van der Waals surface area contributed by atoms with Crippen LogP contribution >= 0.6 is 8.03 Å². The van der Waals surface area contributed by atoms with Gasteiger partial charge in [-0.1, -0.05) is 0 Å². The Bertz CT molecular complexity index is 87.0. The van der Waals surface area contributed by atoms with Gasteiger partial charge in [0.25, 0.3) is 0 Å². The van der Waals surface area contributed by atoms with Gasteiger partial charge in [-0.15, -0.1) is 4.52 Å². The van der Waals surface area contributed by atoms with Gasteiger partial charge in [0.05, 0.1) is 6.61 Å². The van der Waals surface area contributed by atoms with Crippen LogP contribution in [0.25, 0.3) is 0 Å². The molecule has 0 amide bonds. The van der Waals surface area contributed by atoms with Crippen LogP contribution in [0.3, 0.4) is 0 Å². The fourth-order valence-corrected chi connectivity index (χ4v) is 1.29. The number of nitrogens with two attached hydrogens (primary N) is 1. The summed E-state index contributed by atoms with van der Waals surface area (Å²) in [4.78, 5) is 0. The molecule has 0 spiro atoms. The maximum atomic E-state index is 10.7. The third kappa shape index (κ3) is 5.90. The molecule has 0 aliphatic rings. The summed E-state index contributed by atoms with van der Waals surface area (Å²) in [7, 11) is -1.42. The lowest BCUT2D eigenvalue weighted by Crippen LogP contribution is -1.99. The highest BCUT2D eigenvalue weighted by molar-refractivity contribution is 7.39. The molecule has 0 saturated heterocycles. The summed E-state index contributed by atoms with van der Waals surface area (Å²) >= 11 is 0. The van der Waals surface area contributed by atoms with Crippen molar-refractivity contribution in [3.8, 4) is 0 Å². The van der Waals surface area contributed by atoms with E-state index in [1.54, 1.807) is 0 Å². The second-order valence-corrected chi connectivity index (χ2v) is 2.99. The van der Waals surface area contributed by atoms with Gasteiger partial charge in [-0.2, -0.15) is 0 Å². The fourth-order valence-electron chi connectivity index (χ4n) is 0.429. The van der Waals surface area contributed by atoms with Crippen LogP contribution in [0.15, 0.2) is 0 Å². The minimum atomic E-state index is -1.42. The van der Waals surface area contributed by atoms with Crippen LogP contribution in [0.5, 0.6) is 0 Å². The predicted octanol–water partition coefficient (Wildman–Crippen LogP) is 1.11.